The lowest BCUT2D eigenvalue weighted by Crippen LogP contribution is -2.34. The third kappa shape index (κ3) is 2.31. The van der Waals surface area contributed by atoms with Gasteiger partial charge in [-0.05, 0) is 53.1 Å². The molecule has 2 aromatic rings. The van der Waals surface area contributed by atoms with Crippen molar-refractivity contribution in [1.82, 2.24) is 0 Å². The largest absolute Gasteiger partial charge is 0.508 e. The summed E-state index contributed by atoms with van der Waals surface area (Å²) in [5, 5.41) is 24.0. The van der Waals surface area contributed by atoms with Crippen LogP contribution in [0.1, 0.15) is 11.1 Å². The van der Waals surface area contributed by atoms with Crippen molar-refractivity contribution in [2.75, 3.05) is 5.43 Å². The third-order valence-corrected chi connectivity index (χ3v) is 4.09. The number of aliphatic hydroxyl groups is 1. The summed E-state index contributed by atoms with van der Waals surface area (Å²) in [4.78, 5) is 12.5. The maximum atomic E-state index is 12.5. The van der Waals surface area contributed by atoms with Gasteiger partial charge in [0.2, 0.25) is 0 Å². The van der Waals surface area contributed by atoms with E-state index in [1.165, 1.54) is 0 Å². The molecule has 0 radical (unpaired) electrons. The highest BCUT2D eigenvalue weighted by molar-refractivity contribution is 6.33. The maximum Gasteiger partial charge on any atom is 0.198 e. The number of aromatic hydroxyl groups is 1. The molecule has 0 bridgehead atoms. The molecule has 2 aliphatic rings. The molecule has 0 spiro atoms. The van der Waals surface area contributed by atoms with Gasteiger partial charge in [-0.25, -0.2) is 0 Å². The van der Waals surface area contributed by atoms with Crippen molar-refractivity contribution in [2.24, 2.45) is 5.10 Å². The van der Waals surface area contributed by atoms with E-state index < -0.39 is 11.9 Å². The standard InChI is InChI=1S/C19H14N2O3/c22-13-6-7-14-11(8-13)9-16-15(14)10-17(19(24)18(16)23)21-20-12-4-2-1-3-5-12/h1-10,19-20,22,24H. The number of benzene rings is 2. The van der Waals surface area contributed by atoms with E-state index in [-0.39, 0.29) is 11.5 Å². The van der Waals surface area contributed by atoms with Crippen molar-refractivity contribution < 1.29 is 15.0 Å². The molecule has 1 unspecified atom stereocenters. The highest BCUT2D eigenvalue weighted by atomic mass is 16.3. The van der Waals surface area contributed by atoms with Gasteiger partial charge >= 0.3 is 0 Å². The van der Waals surface area contributed by atoms with Crippen molar-refractivity contribution in [3.63, 3.8) is 0 Å². The summed E-state index contributed by atoms with van der Waals surface area (Å²) < 4.78 is 0. The Morgan fingerprint density at radius 3 is 2.58 bits per heavy atom. The van der Waals surface area contributed by atoms with Crippen LogP contribution in [0.25, 0.3) is 11.6 Å². The van der Waals surface area contributed by atoms with Crippen LogP contribution in [0.15, 0.2) is 65.3 Å². The zero-order chi connectivity index (χ0) is 16.7. The highest BCUT2D eigenvalue weighted by Crippen LogP contribution is 2.40. The fourth-order valence-electron chi connectivity index (χ4n) is 2.90. The van der Waals surface area contributed by atoms with Crippen molar-refractivity contribution in [3.05, 3.63) is 71.3 Å². The number of rotatable bonds is 2. The number of phenols is 1. The summed E-state index contributed by atoms with van der Waals surface area (Å²) in [5.74, 6) is -0.255. The van der Waals surface area contributed by atoms with Crippen LogP contribution in [0.4, 0.5) is 5.69 Å². The van der Waals surface area contributed by atoms with Gasteiger partial charge in [-0.1, -0.05) is 24.3 Å². The summed E-state index contributed by atoms with van der Waals surface area (Å²) in [6.45, 7) is 0. The first-order chi connectivity index (χ1) is 11.6. The zero-order valence-electron chi connectivity index (χ0n) is 12.6. The third-order valence-electron chi connectivity index (χ3n) is 4.09. The molecule has 3 N–H and O–H groups in total. The van der Waals surface area contributed by atoms with Crippen LogP contribution in [-0.2, 0) is 4.79 Å². The zero-order valence-corrected chi connectivity index (χ0v) is 12.6. The molecule has 118 valence electrons. The van der Waals surface area contributed by atoms with Crippen molar-refractivity contribution in [1.29, 1.82) is 0 Å². The van der Waals surface area contributed by atoms with Crippen LogP contribution in [-0.4, -0.2) is 27.8 Å². The second-order valence-corrected chi connectivity index (χ2v) is 5.67. The Balaban J connectivity index is 1.74. The number of nitrogens with one attached hydrogen (secondary N) is 1. The Labute approximate surface area is 138 Å². The number of para-hydroxylation sites is 1. The van der Waals surface area contributed by atoms with Gasteiger partial charge in [0.25, 0.3) is 0 Å². The lowest BCUT2D eigenvalue weighted by Gasteiger charge is -2.19. The quantitative estimate of drug-likeness (QED) is 0.743. The minimum atomic E-state index is -1.31. The molecule has 4 rings (SSSR count). The summed E-state index contributed by atoms with van der Waals surface area (Å²) in [6.07, 6.45) is 2.09. The molecule has 5 heteroatoms. The van der Waals surface area contributed by atoms with E-state index in [9.17, 15) is 15.0 Å². The molecule has 24 heavy (non-hydrogen) atoms. The molecular formula is C19H14N2O3. The van der Waals surface area contributed by atoms with E-state index in [1.807, 2.05) is 30.3 Å². The first kappa shape index (κ1) is 14.4. The molecule has 0 aliphatic heterocycles. The summed E-state index contributed by atoms with van der Waals surface area (Å²) >= 11 is 0. The van der Waals surface area contributed by atoms with Crippen LogP contribution in [0.2, 0.25) is 0 Å². The number of hydrogen-bond acceptors (Lipinski definition) is 5. The summed E-state index contributed by atoms with van der Waals surface area (Å²) in [7, 11) is 0. The van der Waals surface area contributed by atoms with Gasteiger partial charge in [-0.3, -0.25) is 10.2 Å². The Bertz CT molecular complexity index is 927. The Hall–Kier alpha value is -3.18. The van der Waals surface area contributed by atoms with Gasteiger partial charge in [-0.15, -0.1) is 0 Å². The minimum absolute atomic E-state index is 0.137. The number of hydrogen-bond donors (Lipinski definition) is 3. The first-order valence-electron chi connectivity index (χ1n) is 7.51. The number of fused-ring (bicyclic) bond motifs is 3. The van der Waals surface area contributed by atoms with E-state index in [0.717, 1.165) is 16.8 Å². The van der Waals surface area contributed by atoms with E-state index in [2.05, 4.69) is 10.5 Å². The number of ketones is 1. The molecule has 0 heterocycles. The molecule has 0 saturated heterocycles. The van der Waals surface area contributed by atoms with Gasteiger partial charge in [0.05, 0.1) is 11.4 Å². The molecule has 2 aromatic carbocycles. The van der Waals surface area contributed by atoms with Crippen molar-refractivity contribution in [3.8, 4) is 5.75 Å². The Morgan fingerprint density at radius 1 is 1.00 bits per heavy atom. The van der Waals surface area contributed by atoms with Crippen LogP contribution >= 0.6 is 0 Å². The number of carbonyl (C=O) groups excluding carboxylic acids is 1. The number of aliphatic hydroxyl groups excluding tert-OH is 1. The van der Waals surface area contributed by atoms with Gasteiger partial charge < -0.3 is 10.2 Å². The first-order valence-corrected chi connectivity index (χ1v) is 7.51. The van der Waals surface area contributed by atoms with Crippen molar-refractivity contribution >= 4 is 28.8 Å². The molecule has 0 fully saturated rings. The molecular weight excluding hydrogens is 304 g/mol. The van der Waals surface area contributed by atoms with E-state index >= 15 is 0 Å². The topological polar surface area (TPSA) is 81.9 Å². The van der Waals surface area contributed by atoms with Crippen LogP contribution < -0.4 is 5.43 Å². The van der Waals surface area contributed by atoms with E-state index in [4.69, 9.17) is 0 Å². The molecule has 5 nitrogen and oxygen atoms in total. The molecule has 0 saturated carbocycles. The average molecular weight is 318 g/mol. The fraction of sp³-hybridized carbons (Fsp3) is 0.0526. The molecule has 0 aromatic heterocycles. The number of phenolic OH excluding ortho intramolecular Hbond substituents is 1. The molecule has 1 atom stereocenters. The highest BCUT2D eigenvalue weighted by Gasteiger charge is 2.35. The van der Waals surface area contributed by atoms with Crippen LogP contribution in [0, 0.1) is 0 Å². The summed E-state index contributed by atoms with van der Waals surface area (Å²) in [6, 6.07) is 14.2. The van der Waals surface area contributed by atoms with Gasteiger partial charge in [-0.2, -0.15) is 5.10 Å². The fourth-order valence-corrected chi connectivity index (χ4v) is 2.90. The molecule has 0 amide bonds. The lowest BCUT2D eigenvalue weighted by atomic mass is 9.89. The van der Waals surface area contributed by atoms with Gasteiger partial charge in [0, 0.05) is 5.57 Å². The smallest absolute Gasteiger partial charge is 0.198 e. The van der Waals surface area contributed by atoms with Crippen molar-refractivity contribution in [2.45, 2.75) is 6.10 Å². The van der Waals surface area contributed by atoms with Crippen LogP contribution in [0.5, 0.6) is 5.75 Å². The predicted molar refractivity (Wildman–Crippen MR) is 92.6 cm³/mol. The second-order valence-electron chi connectivity index (χ2n) is 5.67. The van der Waals surface area contributed by atoms with Gasteiger partial charge in [0.15, 0.2) is 11.9 Å². The monoisotopic (exact) mass is 318 g/mol. The van der Waals surface area contributed by atoms with E-state index in [1.54, 1.807) is 30.4 Å². The Morgan fingerprint density at radius 2 is 1.79 bits per heavy atom. The summed E-state index contributed by atoms with van der Waals surface area (Å²) in [5.41, 5.74) is 6.64. The number of hydrazone groups is 1. The number of anilines is 1. The van der Waals surface area contributed by atoms with E-state index in [0.29, 0.717) is 11.1 Å². The number of Topliss-reactive ketones (excluding diaryl/α,β-unsaturated/α-hetero) is 1. The van der Waals surface area contributed by atoms with Crippen LogP contribution in [0.3, 0.4) is 0 Å². The number of allylic oxidation sites excluding steroid dienone is 1. The normalized spacial score (nSPS) is 20.3. The lowest BCUT2D eigenvalue weighted by molar-refractivity contribution is -0.120. The Kier molecular flexibility index (Phi) is 3.29. The predicted octanol–water partition coefficient (Wildman–Crippen LogP) is 2.58. The number of nitrogens with zero attached hydrogens (tertiary/aromatic N) is 1. The molecule has 2 aliphatic carbocycles. The maximum absolute atomic E-state index is 12.5. The second kappa shape index (κ2) is 5.47. The minimum Gasteiger partial charge on any atom is -0.508 e. The van der Waals surface area contributed by atoms with Gasteiger partial charge in [0.1, 0.15) is 5.75 Å². The SMILES string of the molecule is O=C1C2=Cc3cc(O)ccc3C2=CC(=NNc2ccccc2)C1O. The number of carbonyl (C=O) groups is 1. The average Bonchev–Trinajstić information content (AvgIpc) is 2.95.